The van der Waals surface area contributed by atoms with Gasteiger partial charge in [-0.1, -0.05) is 29.8 Å². The van der Waals surface area contributed by atoms with Crippen LogP contribution in [-0.2, 0) is 11.2 Å². The predicted octanol–water partition coefficient (Wildman–Crippen LogP) is 4.53. The number of hydrogen-bond donors (Lipinski definition) is 2. The monoisotopic (exact) mass is 500 g/mol. The maximum absolute atomic E-state index is 13.5. The van der Waals surface area contributed by atoms with E-state index >= 15 is 0 Å². The molecule has 0 unspecified atom stereocenters. The number of nitrogens with zero attached hydrogens (tertiary/aromatic N) is 2. The first-order valence-electron chi connectivity index (χ1n) is 11.3. The summed E-state index contributed by atoms with van der Waals surface area (Å²) >= 11 is 3.45. The number of aromatic nitrogens is 1. The van der Waals surface area contributed by atoms with Crippen molar-refractivity contribution in [3.05, 3.63) is 50.8 Å². The van der Waals surface area contributed by atoms with Gasteiger partial charge in [0, 0.05) is 52.3 Å². The third-order valence-electron chi connectivity index (χ3n) is 6.31. The molecule has 0 spiro atoms. The largest absolute Gasteiger partial charge is 0.398 e. The lowest BCUT2D eigenvalue weighted by Gasteiger charge is -2.28. The highest BCUT2D eigenvalue weighted by molar-refractivity contribution is 9.10. The standard InChI is InChI=1S/C25H33BrN4O2/c1-4-29(5-2)12-13-30-11-7-6-8-22-24(25(30)32)17(3)23(28-22)14-18(16-31)20-15-19(26)9-10-21(20)27/h9-10,14-16,28H,4-8,11-13,27H2,1-3H3/b18-14+. The van der Waals surface area contributed by atoms with E-state index in [1.54, 1.807) is 12.1 Å². The van der Waals surface area contributed by atoms with Crippen LogP contribution in [0.3, 0.4) is 0 Å². The summed E-state index contributed by atoms with van der Waals surface area (Å²) in [4.78, 5) is 33.2. The van der Waals surface area contributed by atoms with E-state index in [9.17, 15) is 9.59 Å². The summed E-state index contributed by atoms with van der Waals surface area (Å²) in [6.45, 7) is 10.6. The van der Waals surface area contributed by atoms with E-state index in [-0.39, 0.29) is 5.91 Å². The number of hydrogen-bond acceptors (Lipinski definition) is 4. The predicted molar refractivity (Wildman–Crippen MR) is 135 cm³/mol. The molecule has 0 fully saturated rings. The lowest BCUT2D eigenvalue weighted by Crippen LogP contribution is -2.40. The van der Waals surface area contributed by atoms with Crippen molar-refractivity contribution in [1.82, 2.24) is 14.8 Å². The minimum absolute atomic E-state index is 0.0786. The number of benzene rings is 1. The maximum atomic E-state index is 13.5. The molecule has 0 saturated carbocycles. The first-order valence-corrected chi connectivity index (χ1v) is 12.1. The number of halogens is 1. The van der Waals surface area contributed by atoms with E-state index in [2.05, 4.69) is 39.7 Å². The first-order chi connectivity index (χ1) is 15.4. The smallest absolute Gasteiger partial charge is 0.256 e. The van der Waals surface area contributed by atoms with Crippen LogP contribution in [0.1, 0.15) is 59.6 Å². The van der Waals surface area contributed by atoms with E-state index in [1.807, 2.05) is 24.0 Å². The number of amides is 1. The molecule has 1 aromatic heterocycles. The lowest BCUT2D eigenvalue weighted by molar-refractivity contribution is -0.103. The Bertz CT molecular complexity index is 1010. The van der Waals surface area contributed by atoms with Crippen LogP contribution in [0.25, 0.3) is 11.6 Å². The zero-order chi connectivity index (χ0) is 23.3. The second-order valence-electron chi connectivity index (χ2n) is 8.24. The number of aryl methyl sites for hydroxylation is 1. The molecule has 3 rings (SSSR count). The number of allylic oxidation sites excluding steroid dienone is 1. The number of aromatic amines is 1. The summed E-state index contributed by atoms with van der Waals surface area (Å²) in [6.07, 6.45) is 5.45. The highest BCUT2D eigenvalue weighted by Gasteiger charge is 2.26. The van der Waals surface area contributed by atoms with Crippen molar-refractivity contribution in [2.24, 2.45) is 0 Å². The molecule has 0 radical (unpaired) electrons. The van der Waals surface area contributed by atoms with Crippen molar-refractivity contribution in [3.63, 3.8) is 0 Å². The molecule has 32 heavy (non-hydrogen) atoms. The average molecular weight is 501 g/mol. The van der Waals surface area contributed by atoms with Crippen LogP contribution in [-0.4, -0.2) is 59.7 Å². The van der Waals surface area contributed by atoms with Gasteiger partial charge in [0.1, 0.15) is 0 Å². The molecule has 0 aliphatic carbocycles. The van der Waals surface area contributed by atoms with Gasteiger partial charge in [0.05, 0.1) is 5.56 Å². The Morgan fingerprint density at radius 3 is 2.72 bits per heavy atom. The van der Waals surface area contributed by atoms with Gasteiger partial charge >= 0.3 is 0 Å². The van der Waals surface area contributed by atoms with Gasteiger partial charge in [0.2, 0.25) is 0 Å². The Kier molecular flexibility index (Phi) is 8.32. The van der Waals surface area contributed by atoms with Crippen LogP contribution < -0.4 is 5.73 Å². The Labute approximate surface area is 199 Å². The van der Waals surface area contributed by atoms with E-state index in [1.165, 1.54) is 0 Å². The summed E-state index contributed by atoms with van der Waals surface area (Å²) in [5, 5.41) is 0. The number of carbonyl (C=O) groups is 2. The quantitative estimate of drug-likeness (QED) is 0.317. The molecule has 0 saturated heterocycles. The second kappa shape index (κ2) is 11.0. The number of likely N-dealkylation sites (N-methyl/N-ethyl adjacent to an activating group) is 1. The number of anilines is 1. The number of fused-ring (bicyclic) bond motifs is 1. The van der Waals surface area contributed by atoms with E-state index < -0.39 is 0 Å². The van der Waals surface area contributed by atoms with Crippen molar-refractivity contribution < 1.29 is 9.59 Å². The minimum atomic E-state index is 0.0786. The number of rotatable bonds is 8. The summed E-state index contributed by atoms with van der Waals surface area (Å²) in [5.41, 5.74) is 11.2. The molecule has 3 N–H and O–H groups in total. The normalized spacial score (nSPS) is 15.0. The molecule has 1 aromatic carbocycles. The van der Waals surface area contributed by atoms with E-state index in [0.29, 0.717) is 16.8 Å². The molecule has 172 valence electrons. The Morgan fingerprint density at radius 1 is 1.28 bits per heavy atom. The number of nitrogens with one attached hydrogen (secondary N) is 1. The van der Waals surface area contributed by atoms with Crippen molar-refractivity contribution in [2.45, 2.75) is 40.0 Å². The SMILES string of the molecule is CCN(CC)CCN1CCCCc2[nH]c(/C=C(\C=O)c3cc(Br)ccc3N)c(C)c2C1=O. The molecule has 0 atom stereocenters. The summed E-state index contributed by atoms with van der Waals surface area (Å²) < 4.78 is 0.851. The van der Waals surface area contributed by atoms with Crippen LogP contribution in [0.4, 0.5) is 5.69 Å². The third kappa shape index (κ3) is 5.33. The van der Waals surface area contributed by atoms with Crippen LogP contribution in [0.2, 0.25) is 0 Å². The number of carbonyl (C=O) groups excluding carboxylic acids is 2. The molecule has 0 bridgehead atoms. The fourth-order valence-corrected chi connectivity index (χ4v) is 4.65. The Morgan fingerprint density at radius 2 is 2.03 bits per heavy atom. The van der Waals surface area contributed by atoms with Gasteiger partial charge < -0.3 is 20.5 Å². The molecular weight excluding hydrogens is 468 g/mol. The lowest BCUT2D eigenvalue weighted by atomic mass is 10.00. The Balaban J connectivity index is 1.96. The first kappa shape index (κ1) is 24.3. The molecule has 1 amide bonds. The van der Waals surface area contributed by atoms with Gasteiger partial charge in [-0.3, -0.25) is 9.59 Å². The van der Waals surface area contributed by atoms with Crippen LogP contribution in [0.5, 0.6) is 0 Å². The number of aldehydes is 1. The molecule has 1 aliphatic rings. The van der Waals surface area contributed by atoms with Crippen LogP contribution in [0, 0.1) is 6.92 Å². The fourth-order valence-electron chi connectivity index (χ4n) is 4.29. The van der Waals surface area contributed by atoms with Gasteiger partial charge in [-0.2, -0.15) is 0 Å². The Hall–Kier alpha value is -2.38. The van der Waals surface area contributed by atoms with E-state index in [0.717, 1.165) is 85.3 Å². The molecular formula is C25H33BrN4O2. The number of H-pyrrole nitrogens is 1. The van der Waals surface area contributed by atoms with E-state index in [4.69, 9.17) is 5.73 Å². The van der Waals surface area contributed by atoms with Crippen LogP contribution >= 0.6 is 15.9 Å². The minimum Gasteiger partial charge on any atom is -0.398 e. The van der Waals surface area contributed by atoms with Gasteiger partial charge in [-0.05, 0) is 69.1 Å². The van der Waals surface area contributed by atoms with Gasteiger partial charge in [-0.15, -0.1) is 0 Å². The zero-order valence-electron chi connectivity index (χ0n) is 19.2. The second-order valence-corrected chi connectivity index (χ2v) is 9.16. The van der Waals surface area contributed by atoms with Crippen LogP contribution in [0.15, 0.2) is 22.7 Å². The topological polar surface area (TPSA) is 82.4 Å². The summed E-state index contributed by atoms with van der Waals surface area (Å²) in [5.74, 6) is 0.0786. The number of nitrogens with two attached hydrogens (primary N) is 1. The molecule has 6 nitrogen and oxygen atoms in total. The maximum Gasteiger partial charge on any atom is 0.256 e. The third-order valence-corrected chi connectivity index (χ3v) is 6.80. The molecule has 7 heteroatoms. The highest BCUT2D eigenvalue weighted by Crippen LogP contribution is 2.29. The summed E-state index contributed by atoms with van der Waals surface area (Å²) in [6, 6.07) is 5.46. The molecule has 1 aliphatic heterocycles. The molecule has 2 aromatic rings. The van der Waals surface area contributed by atoms with Gasteiger partial charge in [0.25, 0.3) is 5.91 Å². The van der Waals surface area contributed by atoms with Gasteiger partial charge in [-0.25, -0.2) is 0 Å². The summed E-state index contributed by atoms with van der Waals surface area (Å²) in [7, 11) is 0. The highest BCUT2D eigenvalue weighted by atomic mass is 79.9. The van der Waals surface area contributed by atoms with Crippen molar-refractivity contribution in [2.75, 3.05) is 38.5 Å². The zero-order valence-corrected chi connectivity index (χ0v) is 20.8. The van der Waals surface area contributed by atoms with Gasteiger partial charge in [0.15, 0.2) is 6.29 Å². The average Bonchev–Trinajstić information content (AvgIpc) is 3.08. The van der Waals surface area contributed by atoms with Crippen molar-refractivity contribution in [3.8, 4) is 0 Å². The fraction of sp³-hybridized carbons (Fsp3) is 0.440. The van der Waals surface area contributed by atoms with Crippen molar-refractivity contribution >= 4 is 45.5 Å². The van der Waals surface area contributed by atoms with Crippen molar-refractivity contribution in [1.29, 1.82) is 0 Å². The number of nitrogen functional groups attached to an aromatic ring is 1. The molecule has 2 heterocycles.